The molecular formula is C30H53N. The summed E-state index contributed by atoms with van der Waals surface area (Å²) in [6.07, 6.45) is 26.1. The number of hydrogen-bond donors (Lipinski definition) is 0. The summed E-state index contributed by atoms with van der Waals surface area (Å²) in [5.41, 5.74) is 5.35. The lowest BCUT2D eigenvalue weighted by Gasteiger charge is -2.10. The van der Waals surface area contributed by atoms with E-state index in [1.165, 1.54) is 145 Å². The van der Waals surface area contributed by atoms with Crippen molar-refractivity contribution in [2.24, 2.45) is 4.99 Å². The van der Waals surface area contributed by atoms with E-state index in [2.05, 4.69) is 45.9 Å². The minimum absolute atomic E-state index is 1.19. The molecule has 0 unspecified atom stereocenters. The molecule has 0 amide bonds. The highest BCUT2D eigenvalue weighted by Gasteiger charge is 2.05. The normalized spacial score (nSPS) is 11.9. The molecule has 0 saturated heterocycles. The fraction of sp³-hybridized carbons (Fsp3) is 0.767. The summed E-state index contributed by atoms with van der Waals surface area (Å²) in [4.78, 5) is 5.16. The van der Waals surface area contributed by atoms with Crippen LogP contribution >= 0.6 is 0 Å². The molecule has 1 aromatic carbocycles. The van der Waals surface area contributed by atoms with Gasteiger partial charge in [0.1, 0.15) is 0 Å². The van der Waals surface area contributed by atoms with Crippen LogP contribution in [0.1, 0.15) is 147 Å². The molecule has 1 rings (SSSR count). The minimum atomic E-state index is 1.19. The summed E-state index contributed by atoms with van der Waals surface area (Å²) in [6, 6.07) is 6.56. The molecule has 0 aliphatic heterocycles. The standard InChI is InChI=1S/C30H53N/c1-5-7-9-11-13-14-15-17-19-21-25-29(24-20-18-16-12-10-8-6-2)31-30-26-22-23-27(3)28(30)4/h22-23,26H,5-21,24-25H2,1-4H3. The summed E-state index contributed by atoms with van der Waals surface area (Å²) in [5.74, 6) is 0. The van der Waals surface area contributed by atoms with Gasteiger partial charge in [0.05, 0.1) is 5.69 Å². The summed E-state index contributed by atoms with van der Waals surface area (Å²) in [6.45, 7) is 9.02. The lowest BCUT2D eigenvalue weighted by molar-refractivity contribution is 0.558. The second-order valence-corrected chi connectivity index (χ2v) is 9.70. The van der Waals surface area contributed by atoms with Crippen molar-refractivity contribution in [1.29, 1.82) is 0 Å². The average molecular weight is 428 g/mol. The molecule has 0 bridgehead atoms. The Kier molecular flexibility index (Phi) is 17.6. The van der Waals surface area contributed by atoms with E-state index >= 15 is 0 Å². The number of rotatable bonds is 20. The third-order valence-electron chi connectivity index (χ3n) is 6.74. The first-order chi connectivity index (χ1) is 15.2. The van der Waals surface area contributed by atoms with Crippen molar-refractivity contribution in [2.45, 2.75) is 150 Å². The molecule has 178 valence electrons. The molecule has 1 aromatic rings. The molecule has 1 heteroatoms. The molecule has 0 radical (unpaired) electrons. The van der Waals surface area contributed by atoms with Crippen LogP contribution in [0.3, 0.4) is 0 Å². The van der Waals surface area contributed by atoms with Crippen molar-refractivity contribution in [3.8, 4) is 0 Å². The van der Waals surface area contributed by atoms with Gasteiger partial charge in [-0.2, -0.15) is 0 Å². The Balaban J connectivity index is 2.37. The molecular weight excluding hydrogens is 374 g/mol. The predicted octanol–water partition coefficient (Wildman–Crippen LogP) is 10.8. The second kappa shape index (κ2) is 19.6. The van der Waals surface area contributed by atoms with Crippen LogP contribution in [0.25, 0.3) is 0 Å². The molecule has 0 aliphatic carbocycles. The van der Waals surface area contributed by atoms with E-state index in [1.54, 1.807) is 0 Å². The zero-order chi connectivity index (χ0) is 22.6. The second-order valence-electron chi connectivity index (χ2n) is 9.70. The van der Waals surface area contributed by atoms with Gasteiger partial charge in [0.2, 0.25) is 0 Å². The van der Waals surface area contributed by atoms with Gasteiger partial charge < -0.3 is 0 Å². The first-order valence-corrected chi connectivity index (χ1v) is 13.8. The van der Waals surface area contributed by atoms with E-state index in [0.717, 1.165) is 0 Å². The maximum absolute atomic E-state index is 5.16. The molecule has 0 heterocycles. The molecule has 0 spiro atoms. The smallest absolute Gasteiger partial charge is 0.0660 e. The lowest BCUT2D eigenvalue weighted by Crippen LogP contribution is -1.99. The summed E-state index contributed by atoms with van der Waals surface area (Å²) in [5, 5.41) is 0. The van der Waals surface area contributed by atoms with Gasteiger partial charge in [0, 0.05) is 5.71 Å². The number of unbranched alkanes of at least 4 members (excludes halogenated alkanes) is 15. The van der Waals surface area contributed by atoms with E-state index < -0.39 is 0 Å². The predicted molar refractivity (Wildman–Crippen MR) is 142 cm³/mol. The van der Waals surface area contributed by atoms with Crippen LogP contribution in [0.2, 0.25) is 0 Å². The van der Waals surface area contributed by atoms with Crippen molar-refractivity contribution >= 4 is 11.4 Å². The lowest BCUT2D eigenvalue weighted by atomic mass is 10.0. The third-order valence-corrected chi connectivity index (χ3v) is 6.74. The van der Waals surface area contributed by atoms with Gasteiger partial charge in [-0.1, -0.05) is 122 Å². The van der Waals surface area contributed by atoms with Crippen LogP contribution in [0.15, 0.2) is 23.2 Å². The van der Waals surface area contributed by atoms with Gasteiger partial charge in [-0.15, -0.1) is 0 Å². The highest BCUT2D eigenvalue weighted by Crippen LogP contribution is 2.23. The van der Waals surface area contributed by atoms with Crippen LogP contribution in [-0.2, 0) is 0 Å². The Hall–Kier alpha value is -1.11. The largest absolute Gasteiger partial charge is 0.258 e. The Morgan fingerprint density at radius 2 is 1.00 bits per heavy atom. The van der Waals surface area contributed by atoms with Crippen LogP contribution in [0.5, 0.6) is 0 Å². The molecule has 0 N–H and O–H groups in total. The average Bonchev–Trinajstić information content (AvgIpc) is 2.77. The fourth-order valence-electron chi connectivity index (χ4n) is 4.37. The van der Waals surface area contributed by atoms with Gasteiger partial charge in [0.25, 0.3) is 0 Å². The van der Waals surface area contributed by atoms with Gasteiger partial charge in [0.15, 0.2) is 0 Å². The number of benzene rings is 1. The monoisotopic (exact) mass is 427 g/mol. The van der Waals surface area contributed by atoms with Crippen molar-refractivity contribution in [3.63, 3.8) is 0 Å². The van der Waals surface area contributed by atoms with E-state index in [0.29, 0.717) is 0 Å². The first-order valence-electron chi connectivity index (χ1n) is 13.8. The highest BCUT2D eigenvalue weighted by atomic mass is 14.7. The SMILES string of the molecule is CCCCCCCCCCCCC(CCCCCCCCC)=Nc1cccc(C)c1C. The zero-order valence-electron chi connectivity index (χ0n) is 21.6. The van der Waals surface area contributed by atoms with Gasteiger partial charge >= 0.3 is 0 Å². The van der Waals surface area contributed by atoms with E-state index in [4.69, 9.17) is 4.99 Å². The first kappa shape index (κ1) is 27.9. The number of nitrogens with zero attached hydrogens (tertiary/aromatic N) is 1. The van der Waals surface area contributed by atoms with Crippen LogP contribution in [-0.4, -0.2) is 5.71 Å². The Morgan fingerprint density at radius 3 is 1.45 bits per heavy atom. The minimum Gasteiger partial charge on any atom is -0.258 e. The Morgan fingerprint density at radius 1 is 0.581 bits per heavy atom. The molecule has 0 fully saturated rings. The quantitative estimate of drug-likeness (QED) is 0.145. The zero-order valence-corrected chi connectivity index (χ0v) is 21.6. The van der Waals surface area contributed by atoms with Crippen LogP contribution < -0.4 is 0 Å². The van der Waals surface area contributed by atoms with E-state index in [9.17, 15) is 0 Å². The van der Waals surface area contributed by atoms with Gasteiger partial charge in [-0.3, -0.25) is 4.99 Å². The number of hydrogen-bond acceptors (Lipinski definition) is 1. The molecule has 1 nitrogen and oxygen atoms in total. The topological polar surface area (TPSA) is 12.4 Å². The molecule has 0 atom stereocenters. The Bertz CT molecular complexity index is 572. The van der Waals surface area contributed by atoms with Gasteiger partial charge in [-0.05, 0) is 56.7 Å². The van der Waals surface area contributed by atoms with Gasteiger partial charge in [-0.25, -0.2) is 0 Å². The molecule has 31 heavy (non-hydrogen) atoms. The van der Waals surface area contributed by atoms with Crippen molar-refractivity contribution in [1.82, 2.24) is 0 Å². The molecule has 0 aliphatic rings. The molecule has 0 aromatic heterocycles. The maximum Gasteiger partial charge on any atom is 0.0660 e. The summed E-state index contributed by atoms with van der Waals surface area (Å²) >= 11 is 0. The fourth-order valence-corrected chi connectivity index (χ4v) is 4.37. The van der Waals surface area contributed by atoms with E-state index in [1.807, 2.05) is 0 Å². The maximum atomic E-state index is 5.16. The third kappa shape index (κ3) is 14.6. The Labute approximate surface area is 195 Å². The summed E-state index contributed by atoms with van der Waals surface area (Å²) in [7, 11) is 0. The van der Waals surface area contributed by atoms with Crippen molar-refractivity contribution < 1.29 is 0 Å². The number of aryl methyl sites for hydroxylation is 1. The molecule has 0 saturated carbocycles. The van der Waals surface area contributed by atoms with E-state index in [-0.39, 0.29) is 0 Å². The van der Waals surface area contributed by atoms with Crippen LogP contribution in [0, 0.1) is 13.8 Å². The number of aliphatic imine (C=N–C) groups is 1. The van der Waals surface area contributed by atoms with Crippen LogP contribution in [0.4, 0.5) is 5.69 Å². The van der Waals surface area contributed by atoms with Crippen molar-refractivity contribution in [3.05, 3.63) is 29.3 Å². The summed E-state index contributed by atoms with van der Waals surface area (Å²) < 4.78 is 0. The highest BCUT2D eigenvalue weighted by molar-refractivity contribution is 5.87. The van der Waals surface area contributed by atoms with Crippen molar-refractivity contribution in [2.75, 3.05) is 0 Å².